The Morgan fingerprint density at radius 1 is 1.21 bits per heavy atom. The molecule has 1 atom stereocenters. The molecule has 0 aliphatic heterocycles. The van der Waals surface area contributed by atoms with Crippen molar-refractivity contribution in [3.8, 4) is 0 Å². The van der Waals surface area contributed by atoms with Gasteiger partial charge in [-0.25, -0.2) is 0 Å². The Bertz CT molecular complexity index is 489. The van der Waals surface area contributed by atoms with Crippen LogP contribution < -0.4 is 5.32 Å². The lowest BCUT2D eigenvalue weighted by Crippen LogP contribution is -2.39. The summed E-state index contributed by atoms with van der Waals surface area (Å²) in [5, 5.41) is 11.9. The van der Waals surface area contributed by atoms with E-state index in [4.69, 9.17) is 0 Å². The number of para-hydroxylation sites is 1. The van der Waals surface area contributed by atoms with Crippen molar-refractivity contribution in [3.05, 3.63) is 27.1 Å². The summed E-state index contributed by atoms with van der Waals surface area (Å²) in [5.74, 6) is -2.78. The molecule has 1 amide bonds. The molecule has 0 spiro atoms. The molecule has 104 valence electrons. The van der Waals surface area contributed by atoms with Gasteiger partial charge in [0.1, 0.15) is 5.92 Å². The van der Waals surface area contributed by atoms with E-state index in [-0.39, 0.29) is 0 Å². The van der Waals surface area contributed by atoms with Crippen LogP contribution in [0.4, 0.5) is 5.69 Å². The maximum absolute atomic E-state index is 12.2. The number of carbonyl (C=O) groups is 2. The zero-order valence-corrected chi connectivity index (χ0v) is 14.0. The Morgan fingerprint density at radius 2 is 1.68 bits per heavy atom. The standard InChI is InChI=1S/C13H15Br2NO3/c1-13(2,3)9(12(18)19)11(17)16-10-7(14)5-4-6-8(10)15/h4-6,9H,1-3H3,(H,16,17)(H,18,19). The first kappa shape index (κ1) is 16.2. The minimum Gasteiger partial charge on any atom is -0.481 e. The number of benzene rings is 1. The van der Waals surface area contributed by atoms with Crippen molar-refractivity contribution in [2.24, 2.45) is 11.3 Å². The third kappa shape index (κ3) is 4.04. The number of carboxylic acid groups (broad SMARTS) is 1. The Morgan fingerprint density at radius 3 is 2.05 bits per heavy atom. The SMILES string of the molecule is CC(C)(C)C(C(=O)O)C(=O)Nc1c(Br)cccc1Br. The number of aliphatic carboxylic acids is 1. The minimum absolute atomic E-state index is 0.531. The second kappa shape index (κ2) is 6.05. The predicted molar refractivity (Wildman–Crippen MR) is 81.1 cm³/mol. The van der Waals surface area contributed by atoms with Crippen LogP contribution in [0.5, 0.6) is 0 Å². The average molecular weight is 393 g/mol. The van der Waals surface area contributed by atoms with Crippen molar-refractivity contribution in [1.82, 2.24) is 0 Å². The number of anilines is 1. The Kier molecular flexibility index (Phi) is 5.15. The monoisotopic (exact) mass is 391 g/mol. The fourth-order valence-corrected chi connectivity index (χ4v) is 2.89. The van der Waals surface area contributed by atoms with E-state index >= 15 is 0 Å². The number of hydrogen-bond donors (Lipinski definition) is 2. The fourth-order valence-electron chi connectivity index (χ4n) is 1.69. The molecule has 0 fully saturated rings. The van der Waals surface area contributed by atoms with Crippen molar-refractivity contribution in [1.29, 1.82) is 0 Å². The molecule has 1 aromatic rings. The zero-order valence-electron chi connectivity index (χ0n) is 10.8. The largest absolute Gasteiger partial charge is 0.481 e. The Balaban J connectivity index is 3.05. The second-order valence-electron chi connectivity index (χ2n) is 5.22. The highest BCUT2D eigenvalue weighted by Gasteiger charge is 2.38. The van der Waals surface area contributed by atoms with Crippen LogP contribution >= 0.6 is 31.9 Å². The highest BCUT2D eigenvalue weighted by molar-refractivity contribution is 9.11. The third-order valence-corrected chi connectivity index (χ3v) is 3.91. The van der Waals surface area contributed by atoms with Crippen molar-refractivity contribution in [3.63, 3.8) is 0 Å². The minimum atomic E-state index is -1.13. The topological polar surface area (TPSA) is 66.4 Å². The van der Waals surface area contributed by atoms with Crippen LogP contribution in [0, 0.1) is 11.3 Å². The summed E-state index contributed by atoms with van der Waals surface area (Å²) in [4.78, 5) is 23.4. The van der Waals surface area contributed by atoms with Gasteiger partial charge in [-0.2, -0.15) is 0 Å². The second-order valence-corrected chi connectivity index (χ2v) is 6.93. The molecule has 0 aliphatic rings. The van der Waals surface area contributed by atoms with E-state index < -0.39 is 23.2 Å². The summed E-state index contributed by atoms with van der Waals surface area (Å²) in [6.45, 7) is 5.17. The van der Waals surface area contributed by atoms with E-state index in [1.165, 1.54) is 0 Å². The molecule has 1 aromatic carbocycles. The van der Waals surface area contributed by atoms with Gasteiger partial charge in [0, 0.05) is 8.95 Å². The zero-order chi connectivity index (χ0) is 14.8. The number of rotatable bonds is 3. The molecule has 1 unspecified atom stereocenters. The summed E-state index contributed by atoms with van der Waals surface area (Å²) in [7, 11) is 0. The molecule has 19 heavy (non-hydrogen) atoms. The average Bonchev–Trinajstić information content (AvgIpc) is 2.21. The van der Waals surface area contributed by atoms with Crippen LogP contribution in [-0.4, -0.2) is 17.0 Å². The highest BCUT2D eigenvalue weighted by atomic mass is 79.9. The number of halogens is 2. The molecule has 0 saturated heterocycles. The van der Waals surface area contributed by atoms with Crippen LogP contribution in [0.2, 0.25) is 0 Å². The van der Waals surface area contributed by atoms with Crippen molar-refractivity contribution >= 4 is 49.4 Å². The molecule has 0 bridgehead atoms. The maximum Gasteiger partial charge on any atom is 0.316 e. The molecule has 0 aromatic heterocycles. The van der Waals surface area contributed by atoms with Crippen LogP contribution in [0.25, 0.3) is 0 Å². The van der Waals surface area contributed by atoms with E-state index in [1.54, 1.807) is 32.9 Å². The molecule has 1 rings (SSSR count). The molecule has 2 N–H and O–H groups in total. The van der Waals surface area contributed by atoms with Gasteiger partial charge in [0.15, 0.2) is 0 Å². The van der Waals surface area contributed by atoms with Crippen LogP contribution in [-0.2, 0) is 9.59 Å². The van der Waals surface area contributed by atoms with Gasteiger partial charge in [-0.1, -0.05) is 26.8 Å². The lowest BCUT2D eigenvalue weighted by molar-refractivity contribution is -0.149. The summed E-state index contributed by atoms with van der Waals surface area (Å²) in [6, 6.07) is 5.35. The first-order chi connectivity index (χ1) is 8.64. The molecule has 0 aliphatic carbocycles. The third-order valence-electron chi connectivity index (χ3n) is 2.59. The van der Waals surface area contributed by atoms with Crippen LogP contribution in [0.3, 0.4) is 0 Å². The molecule has 6 heteroatoms. The maximum atomic E-state index is 12.2. The van der Waals surface area contributed by atoms with Gasteiger partial charge in [0.25, 0.3) is 0 Å². The molecule has 0 heterocycles. The smallest absolute Gasteiger partial charge is 0.316 e. The summed E-state index contributed by atoms with van der Waals surface area (Å²) < 4.78 is 1.38. The first-order valence-electron chi connectivity index (χ1n) is 5.62. The van der Waals surface area contributed by atoms with Gasteiger partial charge in [0.2, 0.25) is 5.91 Å². The Hall–Kier alpha value is -0.880. The normalized spacial score (nSPS) is 12.9. The molecular weight excluding hydrogens is 378 g/mol. The fraction of sp³-hybridized carbons (Fsp3) is 0.385. The predicted octanol–water partition coefficient (Wildman–Crippen LogP) is 3.90. The van der Waals surface area contributed by atoms with Crippen LogP contribution in [0.1, 0.15) is 20.8 Å². The number of amides is 1. The van der Waals surface area contributed by atoms with Gasteiger partial charge >= 0.3 is 5.97 Å². The van der Waals surface area contributed by atoms with E-state index in [9.17, 15) is 14.7 Å². The summed E-state index contributed by atoms with van der Waals surface area (Å²) >= 11 is 6.64. The van der Waals surface area contributed by atoms with E-state index in [0.29, 0.717) is 14.6 Å². The van der Waals surface area contributed by atoms with Crippen LogP contribution in [0.15, 0.2) is 27.1 Å². The summed E-state index contributed by atoms with van der Waals surface area (Å²) in [5.41, 5.74) is -0.132. The highest BCUT2D eigenvalue weighted by Crippen LogP contribution is 2.33. The van der Waals surface area contributed by atoms with Gasteiger partial charge in [-0.15, -0.1) is 0 Å². The number of carboxylic acids is 1. The van der Waals surface area contributed by atoms with Gasteiger partial charge in [-0.3, -0.25) is 9.59 Å². The lowest BCUT2D eigenvalue weighted by Gasteiger charge is -2.26. The molecule has 4 nitrogen and oxygen atoms in total. The van der Waals surface area contributed by atoms with E-state index in [0.717, 1.165) is 0 Å². The van der Waals surface area contributed by atoms with Gasteiger partial charge < -0.3 is 10.4 Å². The molecule has 0 radical (unpaired) electrons. The molecule has 0 saturated carbocycles. The van der Waals surface area contributed by atoms with E-state index in [2.05, 4.69) is 37.2 Å². The van der Waals surface area contributed by atoms with Crippen molar-refractivity contribution in [2.45, 2.75) is 20.8 Å². The van der Waals surface area contributed by atoms with E-state index in [1.807, 2.05) is 6.07 Å². The summed E-state index contributed by atoms with van der Waals surface area (Å²) in [6.07, 6.45) is 0. The lowest BCUT2D eigenvalue weighted by atomic mass is 9.80. The number of nitrogens with one attached hydrogen (secondary N) is 1. The Labute approximate surface area is 128 Å². The quantitative estimate of drug-likeness (QED) is 0.766. The molecular formula is C13H15Br2NO3. The number of hydrogen-bond acceptors (Lipinski definition) is 2. The van der Waals surface area contributed by atoms with Crippen molar-refractivity contribution in [2.75, 3.05) is 5.32 Å². The number of carbonyl (C=O) groups excluding carboxylic acids is 1. The van der Waals surface area contributed by atoms with Gasteiger partial charge in [0.05, 0.1) is 5.69 Å². The van der Waals surface area contributed by atoms with Crippen molar-refractivity contribution < 1.29 is 14.7 Å². The first-order valence-corrected chi connectivity index (χ1v) is 7.21. The van der Waals surface area contributed by atoms with Gasteiger partial charge in [-0.05, 0) is 49.4 Å².